The summed E-state index contributed by atoms with van der Waals surface area (Å²) in [5, 5.41) is 9.11. The molecule has 0 saturated carbocycles. The summed E-state index contributed by atoms with van der Waals surface area (Å²) < 4.78 is 53.9. The molecule has 1 saturated heterocycles. The number of carboxylic acid groups (broad SMARTS) is 1. The second-order valence-corrected chi connectivity index (χ2v) is 10.1. The smallest absolute Gasteiger partial charge is 0.416 e. The van der Waals surface area contributed by atoms with E-state index < -0.39 is 17.7 Å². The lowest BCUT2D eigenvalue weighted by Crippen LogP contribution is -2.48. The predicted molar refractivity (Wildman–Crippen MR) is 132 cm³/mol. The van der Waals surface area contributed by atoms with E-state index in [0.29, 0.717) is 74.7 Å². The molecule has 0 aromatic heterocycles. The van der Waals surface area contributed by atoms with Crippen LogP contribution in [0.1, 0.15) is 66.0 Å². The molecule has 1 aliphatic carbocycles. The summed E-state index contributed by atoms with van der Waals surface area (Å²) in [5.74, 6) is 0.0841. The van der Waals surface area contributed by atoms with Gasteiger partial charge in [-0.15, -0.1) is 0 Å². The van der Waals surface area contributed by atoms with E-state index in [4.69, 9.17) is 14.6 Å². The van der Waals surface area contributed by atoms with E-state index in [-0.39, 0.29) is 30.9 Å². The van der Waals surface area contributed by atoms with Gasteiger partial charge < -0.3 is 19.5 Å². The molecule has 7 nitrogen and oxygen atoms in total. The maximum atomic E-state index is 14.0. The third-order valence-electron chi connectivity index (χ3n) is 7.75. The Morgan fingerprint density at radius 2 is 1.84 bits per heavy atom. The molecule has 1 amide bonds. The van der Waals surface area contributed by atoms with E-state index in [1.54, 1.807) is 17.0 Å². The molecule has 0 radical (unpaired) electrons. The number of ether oxygens (including phenoxy) is 2. The van der Waals surface area contributed by atoms with Gasteiger partial charge in [-0.3, -0.25) is 14.5 Å². The van der Waals surface area contributed by atoms with Gasteiger partial charge in [0.2, 0.25) is 5.91 Å². The molecule has 1 N–H and O–H groups in total. The van der Waals surface area contributed by atoms with E-state index in [1.807, 2.05) is 17.9 Å². The summed E-state index contributed by atoms with van der Waals surface area (Å²) in [5.41, 5.74) is 1.96. The molecular formula is C28H31F3N2O5. The van der Waals surface area contributed by atoms with Crippen molar-refractivity contribution in [3.8, 4) is 11.5 Å². The van der Waals surface area contributed by atoms with Crippen molar-refractivity contribution in [1.29, 1.82) is 0 Å². The number of hydrogen-bond donors (Lipinski definition) is 1. The number of halogens is 3. The number of carbonyl (C=O) groups is 2. The maximum Gasteiger partial charge on any atom is 0.416 e. The third-order valence-corrected chi connectivity index (χ3v) is 7.75. The molecule has 10 heteroatoms. The largest absolute Gasteiger partial charge is 0.492 e. The molecule has 1 fully saturated rings. The number of amides is 1. The summed E-state index contributed by atoms with van der Waals surface area (Å²) >= 11 is 0. The van der Waals surface area contributed by atoms with Crippen LogP contribution in [0.15, 0.2) is 30.3 Å². The minimum atomic E-state index is -4.47. The van der Waals surface area contributed by atoms with Crippen molar-refractivity contribution < 1.29 is 37.3 Å². The number of fused-ring (bicyclic) bond motifs is 2. The number of alkyl halides is 3. The zero-order chi connectivity index (χ0) is 27.0. The number of carbonyl (C=O) groups excluding carboxylic acids is 1. The monoisotopic (exact) mass is 532 g/mol. The lowest BCUT2D eigenvalue weighted by atomic mass is 9.96. The Labute approximate surface area is 219 Å². The highest BCUT2D eigenvalue weighted by Gasteiger charge is 2.38. The number of carboxylic acids is 1. The molecule has 2 aromatic carbocycles. The zero-order valence-electron chi connectivity index (χ0n) is 21.2. The van der Waals surface area contributed by atoms with E-state index in [2.05, 4.69) is 0 Å². The van der Waals surface area contributed by atoms with Gasteiger partial charge in [0.25, 0.3) is 0 Å². The zero-order valence-corrected chi connectivity index (χ0v) is 21.2. The maximum absolute atomic E-state index is 14.0. The lowest BCUT2D eigenvalue weighted by Gasteiger charge is -2.35. The Kier molecular flexibility index (Phi) is 7.26. The number of piperazine rings is 1. The van der Waals surface area contributed by atoms with Gasteiger partial charge in [0.1, 0.15) is 17.6 Å². The number of benzene rings is 2. The first-order valence-corrected chi connectivity index (χ1v) is 13.0. The fraction of sp³-hybridized carbons (Fsp3) is 0.500. The highest BCUT2D eigenvalue weighted by Crippen LogP contribution is 2.44. The Morgan fingerprint density at radius 1 is 1.11 bits per heavy atom. The number of aliphatic carboxylic acids is 1. The van der Waals surface area contributed by atoms with Gasteiger partial charge in [-0.1, -0.05) is 19.1 Å². The molecule has 0 spiro atoms. The Hall–Kier alpha value is -3.27. The molecule has 2 aromatic rings. The fourth-order valence-electron chi connectivity index (χ4n) is 5.78. The topological polar surface area (TPSA) is 79.3 Å². The molecule has 3 aliphatic rings. The van der Waals surface area contributed by atoms with Crippen LogP contribution >= 0.6 is 0 Å². The van der Waals surface area contributed by atoms with E-state index >= 15 is 0 Å². The fourth-order valence-corrected chi connectivity index (χ4v) is 5.78. The number of hydrogen-bond acceptors (Lipinski definition) is 5. The quantitative estimate of drug-likeness (QED) is 0.553. The molecular weight excluding hydrogens is 501 g/mol. The minimum absolute atomic E-state index is 0.0164. The van der Waals surface area contributed by atoms with Crippen LogP contribution in [0, 0.1) is 0 Å². The Bertz CT molecular complexity index is 1220. The van der Waals surface area contributed by atoms with Crippen LogP contribution in [0.5, 0.6) is 11.5 Å². The summed E-state index contributed by atoms with van der Waals surface area (Å²) in [6, 6.07) is 8.00. The normalized spacial score (nSPS) is 21.1. The van der Waals surface area contributed by atoms with E-state index in [0.717, 1.165) is 17.2 Å². The molecule has 38 heavy (non-hydrogen) atoms. The molecule has 5 rings (SSSR count). The van der Waals surface area contributed by atoms with Crippen LogP contribution in [0.2, 0.25) is 0 Å². The highest BCUT2D eigenvalue weighted by molar-refractivity contribution is 5.75. The summed E-state index contributed by atoms with van der Waals surface area (Å²) in [7, 11) is 0. The van der Waals surface area contributed by atoms with Crippen molar-refractivity contribution in [2.45, 2.75) is 57.3 Å². The molecule has 2 atom stereocenters. The van der Waals surface area contributed by atoms with E-state index in [1.165, 1.54) is 6.07 Å². The molecule has 2 heterocycles. The summed E-state index contributed by atoms with van der Waals surface area (Å²) in [4.78, 5) is 26.9. The summed E-state index contributed by atoms with van der Waals surface area (Å²) in [6.45, 7) is 4.38. The number of rotatable bonds is 7. The first-order chi connectivity index (χ1) is 18.1. The van der Waals surface area contributed by atoms with Gasteiger partial charge in [0.15, 0.2) is 0 Å². The van der Waals surface area contributed by atoms with E-state index in [9.17, 15) is 22.8 Å². The minimum Gasteiger partial charge on any atom is -0.492 e. The number of nitrogens with zero attached hydrogens (tertiary/aromatic N) is 2. The van der Waals surface area contributed by atoms with Crippen LogP contribution in [0.25, 0.3) is 0 Å². The van der Waals surface area contributed by atoms with Crippen LogP contribution in [-0.2, 0) is 28.7 Å². The van der Waals surface area contributed by atoms with Crippen molar-refractivity contribution in [3.05, 3.63) is 58.1 Å². The van der Waals surface area contributed by atoms with Crippen LogP contribution < -0.4 is 9.47 Å². The van der Waals surface area contributed by atoms with Gasteiger partial charge in [-0.25, -0.2) is 0 Å². The highest BCUT2D eigenvalue weighted by atomic mass is 19.4. The van der Waals surface area contributed by atoms with Gasteiger partial charge in [0, 0.05) is 56.7 Å². The Morgan fingerprint density at radius 3 is 2.53 bits per heavy atom. The molecule has 2 aliphatic heterocycles. The van der Waals surface area contributed by atoms with Crippen molar-refractivity contribution in [3.63, 3.8) is 0 Å². The average molecular weight is 533 g/mol. The van der Waals surface area contributed by atoms with Crippen LogP contribution in [0.3, 0.4) is 0 Å². The SMILES string of the molecule is CCC(=O)N1CCN(Cc2c(C(F)(F)F)ccc3c2CC[C@H]3Oc2ccc3c(c2)OCC3CC(=O)O)CC1. The van der Waals surface area contributed by atoms with Crippen molar-refractivity contribution in [1.82, 2.24) is 9.80 Å². The van der Waals surface area contributed by atoms with Gasteiger partial charge in [-0.05, 0) is 41.7 Å². The Balaban J connectivity index is 1.35. The first kappa shape index (κ1) is 26.3. The van der Waals surface area contributed by atoms with Crippen molar-refractivity contribution >= 4 is 11.9 Å². The average Bonchev–Trinajstić information content (AvgIpc) is 3.47. The molecule has 0 bridgehead atoms. The third kappa shape index (κ3) is 5.32. The van der Waals surface area contributed by atoms with Gasteiger partial charge >= 0.3 is 12.1 Å². The molecule has 1 unspecified atom stereocenters. The first-order valence-electron chi connectivity index (χ1n) is 13.0. The summed E-state index contributed by atoms with van der Waals surface area (Å²) in [6.07, 6.45) is -3.41. The van der Waals surface area contributed by atoms with Crippen molar-refractivity contribution in [2.75, 3.05) is 32.8 Å². The van der Waals surface area contributed by atoms with Gasteiger partial charge in [-0.2, -0.15) is 13.2 Å². The second-order valence-electron chi connectivity index (χ2n) is 10.1. The van der Waals surface area contributed by atoms with Gasteiger partial charge in [0.05, 0.1) is 18.6 Å². The van der Waals surface area contributed by atoms with Crippen LogP contribution in [0.4, 0.5) is 13.2 Å². The predicted octanol–water partition coefficient (Wildman–Crippen LogP) is 4.78. The lowest BCUT2D eigenvalue weighted by molar-refractivity contribution is -0.139. The molecule has 204 valence electrons. The second kappa shape index (κ2) is 10.5. The van der Waals surface area contributed by atoms with Crippen LogP contribution in [-0.4, -0.2) is 59.6 Å². The standard InChI is InChI=1S/C28H31F3N2O5/c1-2-26(34)33-11-9-32(10-12-33)15-22-20-6-8-24(21(20)5-7-23(22)28(29,30)31)38-18-3-4-19-17(13-27(35)36)16-37-25(19)14-18/h3-5,7,14,17,24H,2,6,8-13,15-16H2,1H3,(H,35,36)/t17?,24-/m1/s1. The van der Waals surface area contributed by atoms with Crippen molar-refractivity contribution in [2.24, 2.45) is 0 Å².